The van der Waals surface area contributed by atoms with E-state index >= 15 is 0 Å². The summed E-state index contributed by atoms with van der Waals surface area (Å²) in [4.78, 5) is 25.2. The maximum atomic E-state index is 4.87. The third kappa shape index (κ3) is 4.17. The van der Waals surface area contributed by atoms with Gasteiger partial charge in [0.05, 0.1) is 5.52 Å². The molecule has 0 spiro atoms. The van der Waals surface area contributed by atoms with Crippen LogP contribution in [0.15, 0.2) is 54.9 Å². The zero-order chi connectivity index (χ0) is 21.2. The Morgan fingerprint density at radius 3 is 2.55 bits per heavy atom. The summed E-state index contributed by atoms with van der Waals surface area (Å²) in [5.41, 5.74) is 2.86. The van der Waals surface area contributed by atoms with Gasteiger partial charge < -0.3 is 10.2 Å². The lowest BCUT2D eigenvalue weighted by molar-refractivity contribution is 0.522. The van der Waals surface area contributed by atoms with Crippen LogP contribution in [0.25, 0.3) is 22.3 Å². The lowest BCUT2D eigenvalue weighted by atomic mass is 10.0. The van der Waals surface area contributed by atoms with Gasteiger partial charge >= 0.3 is 0 Å². The van der Waals surface area contributed by atoms with E-state index in [2.05, 4.69) is 37.3 Å². The number of aryl methyl sites for hydroxylation is 2. The highest BCUT2D eigenvalue weighted by Gasteiger charge is 2.22. The van der Waals surface area contributed by atoms with Gasteiger partial charge in [-0.05, 0) is 51.0 Å². The van der Waals surface area contributed by atoms with Crippen LogP contribution in [0.4, 0.5) is 11.6 Å². The summed E-state index contributed by atoms with van der Waals surface area (Å²) in [5.74, 6) is 3.43. The van der Waals surface area contributed by atoms with Crippen LogP contribution in [0.5, 0.6) is 0 Å². The number of aromatic nitrogens is 5. The second kappa shape index (κ2) is 8.26. The number of rotatable bonds is 4. The molecule has 4 aromatic rings. The van der Waals surface area contributed by atoms with Gasteiger partial charge in [0, 0.05) is 54.2 Å². The Bertz CT molecular complexity index is 1180. The third-order valence-electron chi connectivity index (χ3n) is 5.64. The molecule has 1 aliphatic rings. The van der Waals surface area contributed by atoms with Crippen molar-refractivity contribution in [3.05, 3.63) is 66.4 Å². The van der Waals surface area contributed by atoms with Gasteiger partial charge in [0.25, 0.3) is 0 Å². The van der Waals surface area contributed by atoms with Gasteiger partial charge in [0.2, 0.25) is 0 Å². The minimum Gasteiger partial charge on any atom is -0.367 e. The highest BCUT2D eigenvalue weighted by molar-refractivity contribution is 5.90. The summed E-state index contributed by atoms with van der Waals surface area (Å²) in [6, 6.07) is 14.5. The molecule has 1 fully saturated rings. The Balaban J connectivity index is 1.37. The SMILES string of the molecule is Cc1cc(N2CCC(Nc3nc(-c4cccnc4)nc4ccccc34)CC2)nc(C)n1. The second-order valence-electron chi connectivity index (χ2n) is 7.98. The molecule has 0 amide bonds. The molecule has 7 heteroatoms. The minimum absolute atomic E-state index is 0.348. The first kappa shape index (κ1) is 19.4. The van der Waals surface area contributed by atoms with Crippen LogP contribution in [0.2, 0.25) is 0 Å². The van der Waals surface area contributed by atoms with Crippen molar-refractivity contribution < 1.29 is 0 Å². The molecular weight excluding hydrogens is 386 g/mol. The number of para-hydroxylation sites is 1. The summed E-state index contributed by atoms with van der Waals surface area (Å²) >= 11 is 0. The minimum atomic E-state index is 0.348. The number of nitrogens with one attached hydrogen (secondary N) is 1. The molecule has 156 valence electrons. The highest BCUT2D eigenvalue weighted by Crippen LogP contribution is 2.27. The number of piperidine rings is 1. The van der Waals surface area contributed by atoms with E-state index in [0.29, 0.717) is 11.9 Å². The monoisotopic (exact) mass is 411 g/mol. The zero-order valence-corrected chi connectivity index (χ0v) is 17.8. The molecule has 1 aromatic carbocycles. The predicted molar refractivity (Wildman–Crippen MR) is 123 cm³/mol. The number of fused-ring (bicyclic) bond motifs is 1. The number of nitrogens with zero attached hydrogens (tertiary/aromatic N) is 6. The van der Waals surface area contributed by atoms with Crippen molar-refractivity contribution in [2.24, 2.45) is 0 Å². The first-order valence-electron chi connectivity index (χ1n) is 10.7. The molecule has 1 N–H and O–H groups in total. The highest BCUT2D eigenvalue weighted by atomic mass is 15.2. The molecule has 4 heterocycles. The molecule has 0 atom stereocenters. The summed E-state index contributed by atoms with van der Waals surface area (Å²) in [6.07, 6.45) is 5.60. The standard InChI is InChI=1S/C24H25N7/c1-16-14-22(27-17(2)26-16)31-12-9-19(10-13-31)28-24-20-7-3-4-8-21(20)29-23(30-24)18-6-5-11-25-15-18/h3-8,11,14-15,19H,9-10,12-13H2,1-2H3,(H,28,29,30). The number of pyridine rings is 1. The summed E-state index contributed by atoms with van der Waals surface area (Å²) < 4.78 is 0. The third-order valence-corrected chi connectivity index (χ3v) is 5.64. The zero-order valence-electron chi connectivity index (χ0n) is 17.8. The molecule has 0 unspecified atom stereocenters. The second-order valence-corrected chi connectivity index (χ2v) is 7.98. The Labute approximate surface area is 181 Å². The maximum absolute atomic E-state index is 4.87. The predicted octanol–water partition coefficient (Wildman–Crippen LogP) is 4.18. The van der Waals surface area contributed by atoms with Crippen LogP contribution >= 0.6 is 0 Å². The smallest absolute Gasteiger partial charge is 0.163 e. The van der Waals surface area contributed by atoms with Crippen LogP contribution in [0.1, 0.15) is 24.4 Å². The van der Waals surface area contributed by atoms with E-state index < -0.39 is 0 Å². The number of benzene rings is 1. The Morgan fingerprint density at radius 2 is 1.77 bits per heavy atom. The molecule has 3 aromatic heterocycles. The average Bonchev–Trinajstić information content (AvgIpc) is 2.79. The Kier molecular flexibility index (Phi) is 5.16. The Morgan fingerprint density at radius 1 is 0.935 bits per heavy atom. The summed E-state index contributed by atoms with van der Waals surface area (Å²) in [7, 11) is 0. The number of anilines is 2. The number of hydrogen-bond donors (Lipinski definition) is 1. The molecule has 0 bridgehead atoms. The molecule has 0 aliphatic carbocycles. The van der Waals surface area contributed by atoms with Crippen molar-refractivity contribution in [2.45, 2.75) is 32.7 Å². The van der Waals surface area contributed by atoms with Crippen LogP contribution in [-0.2, 0) is 0 Å². The average molecular weight is 412 g/mol. The van der Waals surface area contributed by atoms with Crippen LogP contribution < -0.4 is 10.2 Å². The fraction of sp³-hybridized carbons (Fsp3) is 0.292. The van der Waals surface area contributed by atoms with Gasteiger partial charge in [0.15, 0.2) is 5.82 Å². The van der Waals surface area contributed by atoms with E-state index in [1.807, 2.05) is 44.2 Å². The molecule has 0 radical (unpaired) electrons. The Hall–Kier alpha value is -3.61. The van der Waals surface area contributed by atoms with Crippen molar-refractivity contribution in [2.75, 3.05) is 23.3 Å². The van der Waals surface area contributed by atoms with Crippen LogP contribution in [0, 0.1) is 13.8 Å². The lowest BCUT2D eigenvalue weighted by Crippen LogP contribution is -2.39. The topological polar surface area (TPSA) is 79.7 Å². The van der Waals surface area contributed by atoms with Crippen LogP contribution in [0.3, 0.4) is 0 Å². The molecular formula is C24H25N7. The summed E-state index contributed by atoms with van der Waals surface area (Å²) in [5, 5.41) is 4.74. The molecule has 7 nitrogen and oxygen atoms in total. The van der Waals surface area contributed by atoms with E-state index in [0.717, 1.165) is 65.6 Å². The van der Waals surface area contributed by atoms with Gasteiger partial charge in [0.1, 0.15) is 17.5 Å². The maximum Gasteiger partial charge on any atom is 0.163 e. The molecule has 1 saturated heterocycles. The molecule has 31 heavy (non-hydrogen) atoms. The first-order valence-corrected chi connectivity index (χ1v) is 10.7. The van der Waals surface area contributed by atoms with E-state index in [4.69, 9.17) is 9.97 Å². The normalized spacial score (nSPS) is 14.7. The van der Waals surface area contributed by atoms with Crippen molar-refractivity contribution in [3.63, 3.8) is 0 Å². The van der Waals surface area contributed by atoms with Gasteiger partial charge in [-0.1, -0.05) is 12.1 Å². The van der Waals surface area contributed by atoms with Gasteiger partial charge in [-0.15, -0.1) is 0 Å². The van der Waals surface area contributed by atoms with Crippen LogP contribution in [-0.4, -0.2) is 44.1 Å². The molecule has 5 rings (SSSR count). The quantitative estimate of drug-likeness (QED) is 0.540. The van der Waals surface area contributed by atoms with E-state index in [1.165, 1.54) is 0 Å². The largest absolute Gasteiger partial charge is 0.367 e. The summed E-state index contributed by atoms with van der Waals surface area (Å²) in [6.45, 7) is 5.87. The van der Waals surface area contributed by atoms with Crippen molar-refractivity contribution in [1.82, 2.24) is 24.9 Å². The van der Waals surface area contributed by atoms with E-state index in [9.17, 15) is 0 Å². The van der Waals surface area contributed by atoms with E-state index in [1.54, 1.807) is 12.4 Å². The molecule has 0 saturated carbocycles. The fourth-order valence-corrected chi connectivity index (χ4v) is 4.12. The fourth-order valence-electron chi connectivity index (χ4n) is 4.12. The molecule has 1 aliphatic heterocycles. The van der Waals surface area contributed by atoms with E-state index in [-0.39, 0.29) is 0 Å². The van der Waals surface area contributed by atoms with Crippen molar-refractivity contribution >= 4 is 22.5 Å². The van der Waals surface area contributed by atoms with Gasteiger partial charge in [-0.3, -0.25) is 4.98 Å². The van der Waals surface area contributed by atoms with Gasteiger partial charge in [-0.2, -0.15) is 0 Å². The van der Waals surface area contributed by atoms with Crippen molar-refractivity contribution in [3.8, 4) is 11.4 Å². The first-order chi connectivity index (χ1) is 15.2. The van der Waals surface area contributed by atoms with Gasteiger partial charge in [-0.25, -0.2) is 19.9 Å². The van der Waals surface area contributed by atoms with Crippen molar-refractivity contribution in [1.29, 1.82) is 0 Å². The number of hydrogen-bond acceptors (Lipinski definition) is 7. The lowest BCUT2D eigenvalue weighted by Gasteiger charge is -2.33.